The molecule has 3 fully saturated rings. The molecule has 1 aliphatic carbocycles. The molecule has 2 saturated heterocycles. The summed E-state index contributed by atoms with van der Waals surface area (Å²) in [5.41, 5.74) is 2.24. The number of fused-ring (bicyclic) bond motifs is 1. The van der Waals surface area contributed by atoms with Gasteiger partial charge in [-0.15, -0.1) is 0 Å². The number of morpholine rings is 1. The van der Waals surface area contributed by atoms with E-state index in [1.54, 1.807) is 24.4 Å². The largest absolute Gasteiger partial charge is 0.385 e. The average molecular weight is 599 g/mol. The minimum atomic E-state index is -0.962. The number of anilines is 2. The number of benzene rings is 1. The maximum atomic E-state index is 13.1. The van der Waals surface area contributed by atoms with Crippen LogP contribution in [0.25, 0.3) is 11.4 Å². The summed E-state index contributed by atoms with van der Waals surface area (Å²) in [6.45, 7) is 3.81. The van der Waals surface area contributed by atoms with Crippen LogP contribution in [0, 0.1) is 5.92 Å². The van der Waals surface area contributed by atoms with Crippen LogP contribution in [-0.4, -0.2) is 87.2 Å². The number of piperidine rings is 1. The summed E-state index contributed by atoms with van der Waals surface area (Å²) in [4.78, 5) is 62.2. The monoisotopic (exact) mass is 598 g/mol. The molecule has 13 nitrogen and oxygen atoms in total. The molecule has 1 saturated carbocycles. The Bertz CT molecular complexity index is 1610. The maximum Gasteiger partial charge on any atom is 0.262 e. The number of aromatic nitrogens is 4. The van der Waals surface area contributed by atoms with Gasteiger partial charge in [-0.1, -0.05) is 0 Å². The van der Waals surface area contributed by atoms with Crippen molar-refractivity contribution in [2.24, 2.45) is 5.92 Å². The van der Waals surface area contributed by atoms with Crippen LogP contribution in [0.1, 0.15) is 65.3 Å². The quantitative estimate of drug-likeness (QED) is 0.278. The minimum absolute atomic E-state index is 0.0977. The molecule has 2 N–H and O–H groups in total. The molecule has 1 atom stereocenters. The molecule has 3 aromatic rings. The fourth-order valence-electron chi connectivity index (χ4n) is 6.47. The zero-order chi connectivity index (χ0) is 30.2. The first-order valence-corrected chi connectivity index (χ1v) is 15.2. The smallest absolute Gasteiger partial charge is 0.262 e. The fraction of sp³-hybridized carbons (Fsp3) is 0.452. The SMILES string of the molecule is O=C1CCC(N2C(=O)c3ccc(NCCC[C@H]4C[C@H](n5cc(-c6nccc(N7CCOCC7)n6)cn5)C4)cc3C2=O)C(=O)N1. The number of nitrogens with zero attached hydrogens (tertiary/aromatic N) is 6. The zero-order valence-corrected chi connectivity index (χ0v) is 24.3. The summed E-state index contributed by atoms with van der Waals surface area (Å²) in [5, 5.41) is 10.2. The number of nitrogens with one attached hydrogen (secondary N) is 2. The molecular formula is C31H34N8O5. The van der Waals surface area contributed by atoms with Crippen molar-refractivity contribution >= 4 is 35.1 Å². The summed E-state index contributed by atoms with van der Waals surface area (Å²) in [6, 6.07) is 6.44. The second-order valence-corrected chi connectivity index (χ2v) is 11.8. The Kier molecular flexibility index (Phi) is 7.54. The first kappa shape index (κ1) is 28.1. The predicted octanol–water partition coefficient (Wildman–Crippen LogP) is 2.42. The number of ether oxygens (including phenoxy) is 1. The number of hydrogen-bond acceptors (Lipinski definition) is 10. The molecule has 3 aliphatic heterocycles. The highest BCUT2D eigenvalue weighted by Crippen LogP contribution is 2.40. The topological polar surface area (TPSA) is 152 Å². The standard InChI is InChI=1S/C31H34N8O5/c40-27-6-5-25(29(41)36-27)39-30(42)23-4-3-21(16-24(23)31(39)43)32-8-1-2-19-14-22(15-19)38-18-20(17-34-38)28-33-9-7-26(35-28)37-10-12-44-13-11-37/h3-4,7,9,16-19,22,25,32H,1-2,5-6,8,10-15H2,(H,36,40,41)/t19-,22-,25?. The Hall–Kier alpha value is -4.65. The summed E-state index contributed by atoms with van der Waals surface area (Å²) in [6.07, 6.45) is 10.1. The number of carbonyl (C=O) groups is 4. The molecule has 1 unspecified atom stereocenters. The molecule has 0 radical (unpaired) electrons. The Morgan fingerprint density at radius 2 is 1.84 bits per heavy atom. The summed E-state index contributed by atoms with van der Waals surface area (Å²) >= 11 is 0. The van der Waals surface area contributed by atoms with Crippen LogP contribution in [0.15, 0.2) is 42.9 Å². The number of hydrogen-bond donors (Lipinski definition) is 2. The molecular weight excluding hydrogens is 564 g/mol. The van der Waals surface area contributed by atoms with Crippen molar-refractivity contribution in [1.82, 2.24) is 30.0 Å². The second kappa shape index (κ2) is 11.8. The van der Waals surface area contributed by atoms with Crippen molar-refractivity contribution in [3.63, 3.8) is 0 Å². The van der Waals surface area contributed by atoms with Gasteiger partial charge in [-0.25, -0.2) is 9.97 Å². The van der Waals surface area contributed by atoms with Crippen LogP contribution >= 0.6 is 0 Å². The number of carbonyl (C=O) groups excluding carboxylic acids is 4. The van der Waals surface area contributed by atoms with Crippen molar-refractivity contribution in [2.75, 3.05) is 43.1 Å². The van der Waals surface area contributed by atoms with Crippen LogP contribution in [0.3, 0.4) is 0 Å². The fourth-order valence-corrected chi connectivity index (χ4v) is 6.47. The third kappa shape index (κ3) is 5.43. The van der Waals surface area contributed by atoms with Crippen LogP contribution in [0.4, 0.5) is 11.5 Å². The van der Waals surface area contributed by atoms with E-state index in [-0.39, 0.29) is 24.0 Å². The van der Waals surface area contributed by atoms with Gasteiger partial charge in [-0.2, -0.15) is 5.10 Å². The lowest BCUT2D eigenvalue weighted by Crippen LogP contribution is -2.54. The van der Waals surface area contributed by atoms with Crippen molar-refractivity contribution in [1.29, 1.82) is 0 Å². The highest BCUT2D eigenvalue weighted by Gasteiger charge is 2.44. The molecule has 5 heterocycles. The van der Waals surface area contributed by atoms with E-state index < -0.39 is 29.7 Å². The van der Waals surface area contributed by atoms with Gasteiger partial charge in [-0.3, -0.25) is 34.1 Å². The first-order valence-electron chi connectivity index (χ1n) is 15.2. The van der Waals surface area contributed by atoms with Crippen LogP contribution in [0.2, 0.25) is 0 Å². The molecule has 44 heavy (non-hydrogen) atoms. The van der Waals surface area contributed by atoms with Gasteiger partial charge in [-0.05, 0) is 62.3 Å². The van der Waals surface area contributed by atoms with Gasteiger partial charge in [0.1, 0.15) is 11.9 Å². The Morgan fingerprint density at radius 1 is 1.02 bits per heavy atom. The number of rotatable bonds is 9. The van der Waals surface area contributed by atoms with E-state index >= 15 is 0 Å². The first-order chi connectivity index (χ1) is 21.4. The van der Waals surface area contributed by atoms with Crippen LogP contribution in [0.5, 0.6) is 0 Å². The molecule has 4 aliphatic rings. The van der Waals surface area contributed by atoms with Gasteiger partial charge in [0.2, 0.25) is 11.8 Å². The normalized spacial score (nSPS) is 23.4. The summed E-state index contributed by atoms with van der Waals surface area (Å²) in [7, 11) is 0. The van der Waals surface area contributed by atoms with E-state index in [2.05, 4.69) is 25.6 Å². The van der Waals surface area contributed by atoms with Gasteiger partial charge in [0, 0.05) is 44.1 Å². The van der Waals surface area contributed by atoms with Gasteiger partial charge < -0.3 is 15.0 Å². The molecule has 2 aromatic heterocycles. The van der Waals surface area contributed by atoms with E-state index in [9.17, 15) is 19.2 Å². The van der Waals surface area contributed by atoms with Crippen molar-refractivity contribution in [3.8, 4) is 11.4 Å². The zero-order valence-electron chi connectivity index (χ0n) is 24.3. The van der Waals surface area contributed by atoms with E-state index in [1.807, 2.05) is 23.1 Å². The maximum absolute atomic E-state index is 13.1. The van der Waals surface area contributed by atoms with Crippen LogP contribution < -0.4 is 15.5 Å². The number of amides is 4. The molecule has 13 heteroatoms. The Morgan fingerprint density at radius 3 is 2.66 bits per heavy atom. The third-order valence-corrected chi connectivity index (χ3v) is 8.98. The summed E-state index contributed by atoms with van der Waals surface area (Å²) < 4.78 is 7.49. The van der Waals surface area contributed by atoms with E-state index in [0.717, 1.165) is 67.3 Å². The highest BCUT2D eigenvalue weighted by atomic mass is 16.5. The molecule has 0 spiro atoms. The molecule has 4 amide bonds. The van der Waals surface area contributed by atoms with E-state index in [4.69, 9.17) is 9.72 Å². The van der Waals surface area contributed by atoms with Crippen molar-refractivity contribution in [3.05, 3.63) is 54.0 Å². The third-order valence-electron chi connectivity index (χ3n) is 8.98. The second-order valence-electron chi connectivity index (χ2n) is 11.8. The lowest BCUT2D eigenvalue weighted by atomic mass is 9.77. The lowest BCUT2D eigenvalue weighted by molar-refractivity contribution is -0.136. The average Bonchev–Trinajstić information content (AvgIpc) is 3.60. The summed E-state index contributed by atoms with van der Waals surface area (Å²) in [5.74, 6) is 0.228. The van der Waals surface area contributed by atoms with E-state index in [1.165, 1.54) is 0 Å². The molecule has 7 rings (SSSR count). The molecule has 1 aromatic carbocycles. The highest BCUT2D eigenvalue weighted by molar-refractivity contribution is 6.23. The minimum Gasteiger partial charge on any atom is -0.385 e. The van der Waals surface area contributed by atoms with Gasteiger partial charge in [0.25, 0.3) is 11.8 Å². The van der Waals surface area contributed by atoms with Gasteiger partial charge >= 0.3 is 0 Å². The van der Waals surface area contributed by atoms with Gasteiger partial charge in [0.15, 0.2) is 5.82 Å². The lowest BCUT2D eigenvalue weighted by Gasteiger charge is -2.35. The van der Waals surface area contributed by atoms with E-state index in [0.29, 0.717) is 31.0 Å². The molecule has 0 bridgehead atoms. The van der Waals surface area contributed by atoms with Crippen molar-refractivity contribution < 1.29 is 23.9 Å². The Labute approximate surface area is 254 Å². The number of imide groups is 2. The Balaban J connectivity index is 0.874. The van der Waals surface area contributed by atoms with Gasteiger partial charge in [0.05, 0.1) is 42.1 Å². The van der Waals surface area contributed by atoms with Crippen molar-refractivity contribution in [2.45, 2.75) is 50.6 Å². The van der Waals surface area contributed by atoms with Crippen LogP contribution in [-0.2, 0) is 14.3 Å². The predicted molar refractivity (Wildman–Crippen MR) is 159 cm³/mol. The molecule has 228 valence electrons.